The standard InChI is InChI=1S/C18H17BrClN3O2/c19-13-7-8-15(20)14(10-13)18(25)22-21-17(24)11-23-9-3-5-12-4-1-2-6-16(12)23/h1-2,4,6-8,10H,3,5,9,11H2,(H,21,24)(H,22,25). The molecule has 2 N–H and O–H groups in total. The minimum absolute atomic E-state index is 0.184. The quantitative estimate of drug-likeness (QED) is 0.746. The van der Waals surface area contributed by atoms with Crippen molar-refractivity contribution in [3.05, 3.63) is 63.1 Å². The van der Waals surface area contributed by atoms with E-state index in [0.717, 1.165) is 29.5 Å². The van der Waals surface area contributed by atoms with Gasteiger partial charge in [0.05, 0.1) is 17.1 Å². The molecule has 1 aliphatic rings. The van der Waals surface area contributed by atoms with Gasteiger partial charge in [-0.15, -0.1) is 0 Å². The van der Waals surface area contributed by atoms with Gasteiger partial charge in [-0.05, 0) is 42.7 Å². The molecule has 0 aromatic heterocycles. The van der Waals surface area contributed by atoms with Crippen molar-refractivity contribution in [3.63, 3.8) is 0 Å². The molecule has 3 rings (SSSR count). The van der Waals surface area contributed by atoms with Crippen molar-refractivity contribution < 1.29 is 9.59 Å². The average molecular weight is 423 g/mol. The van der Waals surface area contributed by atoms with Crippen LogP contribution in [0.3, 0.4) is 0 Å². The van der Waals surface area contributed by atoms with Crippen LogP contribution in [0.1, 0.15) is 22.3 Å². The summed E-state index contributed by atoms with van der Waals surface area (Å²) in [6.45, 7) is 0.999. The lowest BCUT2D eigenvalue weighted by molar-refractivity contribution is -0.120. The van der Waals surface area contributed by atoms with Gasteiger partial charge in [-0.25, -0.2) is 0 Å². The van der Waals surface area contributed by atoms with E-state index in [2.05, 4.69) is 32.8 Å². The number of hydrogen-bond acceptors (Lipinski definition) is 3. The summed E-state index contributed by atoms with van der Waals surface area (Å²) in [4.78, 5) is 26.4. The van der Waals surface area contributed by atoms with Gasteiger partial charge in [-0.1, -0.05) is 45.7 Å². The predicted molar refractivity (Wildman–Crippen MR) is 102 cm³/mol. The molecule has 25 heavy (non-hydrogen) atoms. The number of anilines is 1. The van der Waals surface area contributed by atoms with E-state index >= 15 is 0 Å². The van der Waals surface area contributed by atoms with Crippen molar-refractivity contribution in [3.8, 4) is 0 Å². The lowest BCUT2D eigenvalue weighted by Crippen LogP contribution is -2.47. The molecular formula is C18H17BrClN3O2. The molecule has 0 saturated heterocycles. The molecule has 2 aromatic carbocycles. The molecule has 2 amide bonds. The smallest absolute Gasteiger partial charge is 0.271 e. The highest BCUT2D eigenvalue weighted by Crippen LogP contribution is 2.26. The Balaban J connectivity index is 1.59. The highest BCUT2D eigenvalue weighted by atomic mass is 79.9. The summed E-state index contributed by atoms with van der Waals surface area (Å²) in [5.74, 6) is -0.741. The molecular weight excluding hydrogens is 406 g/mol. The van der Waals surface area contributed by atoms with Crippen molar-refractivity contribution in [2.45, 2.75) is 12.8 Å². The fraction of sp³-hybridized carbons (Fsp3) is 0.222. The van der Waals surface area contributed by atoms with E-state index in [1.165, 1.54) is 5.56 Å². The van der Waals surface area contributed by atoms with Crippen molar-refractivity contribution in [1.82, 2.24) is 10.9 Å². The number of nitrogens with one attached hydrogen (secondary N) is 2. The largest absolute Gasteiger partial charge is 0.362 e. The lowest BCUT2D eigenvalue weighted by Gasteiger charge is -2.30. The number of para-hydroxylation sites is 1. The minimum atomic E-state index is -0.460. The first kappa shape index (κ1) is 17.8. The maximum Gasteiger partial charge on any atom is 0.271 e. The van der Waals surface area contributed by atoms with Gasteiger partial charge in [0, 0.05) is 16.7 Å². The molecule has 5 nitrogen and oxygen atoms in total. The van der Waals surface area contributed by atoms with E-state index in [1.54, 1.807) is 18.2 Å². The van der Waals surface area contributed by atoms with Crippen LogP contribution in [-0.2, 0) is 11.2 Å². The Morgan fingerprint density at radius 2 is 1.96 bits per heavy atom. The number of aryl methyl sites for hydroxylation is 1. The minimum Gasteiger partial charge on any atom is -0.362 e. The third-order valence-electron chi connectivity index (χ3n) is 4.03. The number of fused-ring (bicyclic) bond motifs is 1. The number of halogens is 2. The normalized spacial score (nSPS) is 13.1. The molecule has 0 aliphatic carbocycles. The number of carbonyl (C=O) groups excluding carboxylic acids is 2. The summed E-state index contributed by atoms with van der Waals surface area (Å²) < 4.78 is 0.735. The summed E-state index contributed by atoms with van der Waals surface area (Å²) in [6, 6.07) is 13.0. The number of rotatable bonds is 3. The molecule has 0 bridgehead atoms. The molecule has 0 saturated carbocycles. The van der Waals surface area contributed by atoms with Gasteiger partial charge < -0.3 is 4.90 Å². The van der Waals surface area contributed by atoms with E-state index in [9.17, 15) is 9.59 Å². The Labute approximate surface area is 159 Å². The van der Waals surface area contributed by atoms with Crippen molar-refractivity contribution in [1.29, 1.82) is 0 Å². The number of carbonyl (C=O) groups is 2. The van der Waals surface area contributed by atoms with Crippen LogP contribution in [0.4, 0.5) is 5.69 Å². The van der Waals surface area contributed by atoms with E-state index in [4.69, 9.17) is 11.6 Å². The Kier molecular flexibility index (Phi) is 5.60. The molecule has 1 heterocycles. The molecule has 0 atom stereocenters. The number of amides is 2. The van der Waals surface area contributed by atoms with E-state index in [1.807, 2.05) is 23.1 Å². The summed E-state index contributed by atoms with van der Waals surface area (Å²) in [5, 5.41) is 0.319. The predicted octanol–water partition coefficient (Wildman–Crippen LogP) is 3.32. The Morgan fingerprint density at radius 1 is 1.16 bits per heavy atom. The van der Waals surface area contributed by atoms with Crippen molar-refractivity contribution >= 4 is 45.0 Å². The summed E-state index contributed by atoms with van der Waals surface area (Å²) in [6.07, 6.45) is 2.02. The molecule has 2 aromatic rings. The molecule has 0 spiro atoms. The van der Waals surface area contributed by atoms with Crippen LogP contribution in [0.15, 0.2) is 46.9 Å². The second-order valence-corrected chi connectivity index (χ2v) is 7.10. The van der Waals surface area contributed by atoms with Gasteiger partial charge in [0.1, 0.15) is 0 Å². The van der Waals surface area contributed by atoms with Gasteiger partial charge >= 0.3 is 0 Å². The highest BCUT2D eigenvalue weighted by Gasteiger charge is 2.19. The van der Waals surface area contributed by atoms with Gasteiger partial charge in [-0.2, -0.15) is 0 Å². The zero-order chi connectivity index (χ0) is 17.8. The Morgan fingerprint density at radius 3 is 2.80 bits per heavy atom. The maximum atomic E-state index is 12.2. The number of hydrazine groups is 1. The first-order valence-electron chi connectivity index (χ1n) is 7.91. The molecule has 7 heteroatoms. The molecule has 0 fully saturated rings. The van der Waals surface area contributed by atoms with Crippen LogP contribution >= 0.6 is 27.5 Å². The molecule has 0 radical (unpaired) electrons. The average Bonchev–Trinajstić information content (AvgIpc) is 2.62. The second kappa shape index (κ2) is 7.89. The van der Waals surface area contributed by atoms with Crippen molar-refractivity contribution in [2.75, 3.05) is 18.0 Å². The number of nitrogens with zero attached hydrogens (tertiary/aromatic N) is 1. The van der Waals surface area contributed by atoms with E-state index in [-0.39, 0.29) is 12.5 Å². The molecule has 1 aliphatic heterocycles. The Bertz CT molecular complexity index is 813. The van der Waals surface area contributed by atoms with Crippen LogP contribution in [0.5, 0.6) is 0 Å². The first-order chi connectivity index (χ1) is 12.0. The SMILES string of the molecule is O=C(CN1CCCc2ccccc21)NNC(=O)c1cc(Br)ccc1Cl. The lowest BCUT2D eigenvalue weighted by atomic mass is 10.0. The monoisotopic (exact) mass is 421 g/mol. The fourth-order valence-corrected chi connectivity index (χ4v) is 3.42. The summed E-state index contributed by atoms with van der Waals surface area (Å²) >= 11 is 9.31. The molecule has 130 valence electrons. The molecule has 0 unspecified atom stereocenters. The van der Waals surface area contributed by atoms with Gasteiger partial charge in [0.2, 0.25) is 0 Å². The third kappa shape index (κ3) is 4.32. The van der Waals surface area contributed by atoms with Gasteiger partial charge in [-0.3, -0.25) is 20.4 Å². The van der Waals surface area contributed by atoms with E-state index in [0.29, 0.717) is 10.6 Å². The van der Waals surface area contributed by atoms with Crippen LogP contribution in [0.2, 0.25) is 5.02 Å². The van der Waals surface area contributed by atoms with E-state index < -0.39 is 5.91 Å². The number of benzene rings is 2. The van der Waals surface area contributed by atoms with Crippen LogP contribution in [-0.4, -0.2) is 24.9 Å². The second-order valence-electron chi connectivity index (χ2n) is 5.78. The maximum absolute atomic E-state index is 12.2. The highest BCUT2D eigenvalue weighted by molar-refractivity contribution is 9.10. The number of hydrogen-bond donors (Lipinski definition) is 2. The van der Waals surface area contributed by atoms with Crippen molar-refractivity contribution in [2.24, 2.45) is 0 Å². The summed E-state index contributed by atoms with van der Waals surface area (Å²) in [7, 11) is 0. The fourth-order valence-electron chi connectivity index (χ4n) is 2.85. The van der Waals surface area contributed by atoms with Gasteiger partial charge in [0.25, 0.3) is 11.8 Å². The zero-order valence-electron chi connectivity index (χ0n) is 13.4. The van der Waals surface area contributed by atoms with Crippen LogP contribution in [0, 0.1) is 0 Å². The zero-order valence-corrected chi connectivity index (χ0v) is 15.7. The van der Waals surface area contributed by atoms with Crippen LogP contribution in [0.25, 0.3) is 0 Å². The topological polar surface area (TPSA) is 61.4 Å². The Hall–Kier alpha value is -2.05. The van der Waals surface area contributed by atoms with Gasteiger partial charge in [0.15, 0.2) is 0 Å². The third-order valence-corrected chi connectivity index (χ3v) is 4.85. The summed E-state index contributed by atoms with van der Waals surface area (Å²) in [5.41, 5.74) is 7.47. The first-order valence-corrected chi connectivity index (χ1v) is 9.09. The van der Waals surface area contributed by atoms with Crippen LogP contribution < -0.4 is 15.8 Å².